The third kappa shape index (κ3) is 3.13. The van der Waals surface area contributed by atoms with Gasteiger partial charge in [0.05, 0.1) is 22.3 Å². The Morgan fingerprint density at radius 1 is 1.21 bits per heavy atom. The molecular weight excluding hydrogens is 428 g/mol. The maximum atomic E-state index is 13.0. The van der Waals surface area contributed by atoms with Crippen molar-refractivity contribution in [1.29, 1.82) is 0 Å². The van der Waals surface area contributed by atoms with E-state index in [0.717, 1.165) is 11.3 Å². The molecule has 142 valence electrons. The van der Waals surface area contributed by atoms with E-state index in [-0.39, 0.29) is 11.4 Å². The summed E-state index contributed by atoms with van der Waals surface area (Å²) in [5.41, 5.74) is 2.05. The van der Waals surface area contributed by atoms with Gasteiger partial charge in [0.25, 0.3) is 17.2 Å². The summed E-state index contributed by atoms with van der Waals surface area (Å²) in [6.07, 6.45) is 1.49. The maximum absolute atomic E-state index is 13.0. The fraction of sp³-hybridized carbons (Fsp3) is 0.158. The summed E-state index contributed by atoms with van der Waals surface area (Å²) in [7, 11) is 0. The first-order valence-corrected chi connectivity index (χ1v) is 9.17. The Balaban J connectivity index is 1.86. The van der Waals surface area contributed by atoms with Crippen molar-refractivity contribution in [3.8, 4) is 11.3 Å². The van der Waals surface area contributed by atoms with Crippen LogP contribution in [-0.2, 0) is 0 Å². The number of aryl methyl sites for hydroxylation is 3. The second-order valence-electron chi connectivity index (χ2n) is 6.34. The van der Waals surface area contributed by atoms with Crippen LogP contribution in [0, 0.1) is 20.8 Å². The SMILES string of the molecule is Cc1cc(-c2cc(C(=O)Nc3cc(Br)c[nH]c3=O)c3c(C)noc3n2)c(C)o1. The summed E-state index contributed by atoms with van der Waals surface area (Å²) in [5, 5.41) is 7.06. The highest BCUT2D eigenvalue weighted by Crippen LogP contribution is 2.30. The van der Waals surface area contributed by atoms with Crippen LogP contribution in [0.1, 0.15) is 27.6 Å². The Morgan fingerprint density at radius 3 is 2.71 bits per heavy atom. The molecule has 9 heteroatoms. The number of fused-ring (bicyclic) bond motifs is 1. The maximum Gasteiger partial charge on any atom is 0.271 e. The first kappa shape index (κ1) is 18.2. The number of anilines is 1. The average molecular weight is 443 g/mol. The van der Waals surface area contributed by atoms with Gasteiger partial charge in [-0.1, -0.05) is 5.16 Å². The number of halogens is 1. The van der Waals surface area contributed by atoms with Gasteiger partial charge in [0.2, 0.25) is 0 Å². The van der Waals surface area contributed by atoms with E-state index in [1.54, 1.807) is 13.0 Å². The molecule has 8 nitrogen and oxygen atoms in total. The first-order valence-electron chi connectivity index (χ1n) is 8.37. The molecule has 28 heavy (non-hydrogen) atoms. The predicted octanol–water partition coefficient (Wildman–Crippen LogP) is 4.11. The van der Waals surface area contributed by atoms with E-state index in [0.29, 0.717) is 32.6 Å². The third-order valence-corrected chi connectivity index (χ3v) is 4.75. The Labute approximate surface area is 167 Å². The summed E-state index contributed by atoms with van der Waals surface area (Å²) in [4.78, 5) is 32.0. The molecule has 0 saturated heterocycles. The van der Waals surface area contributed by atoms with E-state index in [9.17, 15) is 9.59 Å². The van der Waals surface area contributed by atoms with Crippen LogP contribution < -0.4 is 10.9 Å². The van der Waals surface area contributed by atoms with Crippen molar-refractivity contribution in [3.63, 3.8) is 0 Å². The highest BCUT2D eigenvalue weighted by molar-refractivity contribution is 9.10. The molecule has 4 aromatic rings. The fourth-order valence-corrected chi connectivity index (χ4v) is 3.38. The van der Waals surface area contributed by atoms with Crippen molar-refractivity contribution < 1.29 is 13.7 Å². The Bertz CT molecular complexity index is 1290. The number of hydrogen-bond acceptors (Lipinski definition) is 6. The summed E-state index contributed by atoms with van der Waals surface area (Å²) in [5.74, 6) is 0.937. The fourth-order valence-electron chi connectivity index (χ4n) is 3.04. The summed E-state index contributed by atoms with van der Waals surface area (Å²) in [6, 6.07) is 5.01. The van der Waals surface area contributed by atoms with E-state index >= 15 is 0 Å². The van der Waals surface area contributed by atoms with Gasteiger partial charge in [0, 0.05) is 16.2 Å². The predicted molar refractivity (Wildman–Crippen MR) is 106 cm³/mol. The Hall–Kier alpha value is -3.20. The molecule has 0 aliphatic carbocycles. The number of rotatable bonds is 3. The molecule has 0 bridgehead atoms. The van der Waals surface area contributed by atoms with Gasteiger partial charge in [-0.3, -0.25) is 9.59 Å². The lowest BCUT2D eigenvalue weighted by Gasteiger charge is -2.08. The first-order chi connectivity index (χ1) is 13.3. The van der Waals surface area contributed by atoms with E-state index < -0.39 is 11.5 Å². The number of amides is 1. The van der Waals surface area contributed by atoms with Gasteiger partial charge < -0.3 is 19.2 Å². The average Bonchev–Trinajstić information content (AvgIpc) is 3.19. The van der Waals surface area contributed by atoms with Crippen molar-refractivity contribution in [3.05, 3.63) is 62.0 Å². The number of H-pyrrole nitrogens is 1. The standard InChI is InChI=1S/C19H15BrN4O4/c1-8-4-12(10(3)27-8)14-6-13(16-9(2)24-28-19(16)23-14)17(25)22-15-5-11(20)7-21-18(15)26/h4-7H,1-3H3,(H,21,26)(H,22,25). The van der Waals surface area contributed by atoms with Gasteiger partial charge in [0.15, 0.2) is 0 Å². The van der Waals surface area contributed by atoms with E-state index in [1.165, 1.54) is 12.3 Å². The molecule has 4 rings (SSSR count). The molecule has 0 aliphatic heterocycles. The number of furan rings is 1. The zero-order valence-corrected chi connectivity index (χ0v) is 16.8. The number of aromatic amines is 1. The molecule has 0 unspecified atom stereocenters. The number of nitrogens with one attached hydrogen (secondary N) is 2. The van der Waals surface area contributed by atoms with Crippen molar-refractivity contribution >= 4 is 38.6 Å². The quantitative estimate of drug-likeness (QED) is 0.493. The van der Waals surface area contributed by atoms with Crippen LogP contribution in [-0.4, -0.2) is 21.0 Å². The summed E-state index contributed by atoms with van der Waals surface area (Å²) < 4.78 is 11.5. The number of pyridine rings is 2. The van der Waals surface area contributed by atoms with E-state index in [2.05, 4.69) is 36.4 Å². The largest absolute Gasteiger partial charge is 0.466 e. The van der Waals surface area contributed by atoms with Crippen LogP contribution in [0.4, 0.5) is 5.69 Å². The third-order valence-electron chi connectivity index (χ3n) is 4.29. The Morgan fingerprint density at radius 2 is 2.00 bits per heavy atom. The minimum Gasteiger partial charge on any atom is -0.466 e. The molecule has 4 aromatic heterocycles. The highest BCUT2D eigenvalue weighted by Gasteiger charge is 2.21. The minimum atomic E-state index is -0.471. The number of carbonyl (C=O) groups excluding carboxylic acids is 1. The van der Waals surface area contributed by atoms with E-state index in [4.69, 9.17) is 8.94 Å². The topological polar surface area (TPSA) is 114 Å². The smallest absolute Gasteiger partial charge is 0.271 e. The van der Waals surface area contributed by atoms with Crippen molar-refractivity contribution in [2.24, 2.45) is 0 Å². The molecule has 0 aliphatic rings. The van der Waals surface area contributed by atoms with E-state index in [1.807, 2.05) is 19.9 Å². The van der Waals surface area contributed by atoms with Crippen LogP contribution in [0.5, 0.6) is 0 Å². The lowest BCUT2D eigenvalue weighted by atomic mass is 10.1. The summed E-state index contributed by atoms with van der Waals surface area (Å²) in [6.45, 7) is 5.38. The van der Waals surface area contributed by atoms with Crippen LogP contribution >= 0.6 is 15.9 Å². The lowest BCUT2D eigenvalue weighted by molar-refractivity contribution is 0.102. The molecule has 0 aromatic carbocycles. The lowest BCUT2D eigenvalue weighted by Crippen LogP contribution is -2.20. The number of nitrogens with zero attached hydrogens (tertiary/aromatic N) is 2. The van der Waals surface area contributed by atoms with Gasteiger partial charge >= 0.3 is 0 Å². The highest BCUT2D eigenvalue weighted by atomic mass is 79.9. The second kappa shape index (κ2) is 6.75. The minimum absolute atomic E-state index is 0.121. The van der Waals surface area contributed by atoms with Crippen molar-refractivity contribution in [1.82, 2.24) is 15.1 Å². The monoisotopic (exact) mass is 442 g/mol. The second-order valence-corrected chi connectivity index (χ2v) is 7.26. The van der Waals surface area contributed by atoms with Gasteiger partial charge in [0.1, 0.15) is 17.2 Å². The molecule has 0 atom stereocenters. The molecule has 0 fully saturated rings. The molecule has 1 amide bonds. The zero-order valence-electron chi connectivity index (χ0n) is 15.2. The molecule has 0 spiro atoms. The van der Waals surface area contributed by atoms with Crippen LogP contribution in [0.3, 0.4) is 0 Å². The molecule has 0 radical (unpaired) electrons. The zero-order chi connectivity index (χ0) is 20.0. The molecule has 4 heterocycles. The molecular formula is C19H15BrN4O4. The van der Waals surface area contributed by atoms with Gasteiger partial charge in [-0.15, -0.1) is 0 Å². The molecule has 0 saturated carbocycles. The van der Waals surface area contributed by atoms with Gasteiger partial charge in [-0.25, -0.2) is 4.98 Å². The number of hydrogen-bond donors (Lipinski definition) is 2. The summed E-state index contributed by atoms with van der Waals surface area (Å²) >= 11 is 3.27. The molecule has 2 N–H and O–H groups in total. The number of carbonyl (C=O) groups is 1. The van der Waals surface area contributed by atoms with Crippen LogP contribution in [0.15, 0.2) is 42.6 Å². The van der Waals surface area contributed by atoms with Gasteiger partial charge in [-0.05, 0) is 54.9 Å². The normalized spacial score (nSPS) is 11.1. The van der Waals surface area contributed by atoms with Gasteiger partial charge in [-0.2, -0.15) is 0 Å². The van der Waals surface area contributed by atoms with Crippen molar-refractivity contribution in [2.75, 3.05) is 5.32 Å². The Kier molecular flexibility index (Phi) is 4.38. The number of aromatic nitrogens is 3. The van der Waals surface area contributed by atoms with Crippen LogP contribution in [0.2, 0.25) is 0 Å². The van der Waals surface area contributed by atoms with Crippen molar-refractivity contribution in [2.45, 2.75) is 20.8 Å². The van der Waals surface area contributed by atoms with Crippen LogP contribution in [0.25, 0.3) is 22.4 Å².